The number of amides is 2. The summed E-state index contributed by atoms with van der Waals surface area (Å²) in [5, 5.41) is 0. The van der Waals surface area contributed by atoms with Gasteiger partial charge >= 0.3 is 0 Å². The molecule has 1 aromatic carbocycles. The molecule has 34 heavy (non-hydrogen) atoms. The van der Waals surface area contributed by atoms with E-state index in [2.05, 4.69) is 9.88 Å². The zero-order chi connectivity index (χ0) is 23.5. The first-order chi connectivity index (χ1) is 16.6. The second-order valence-corrected chi connectivity index (χ2v) is 9.10. The second-order valence-electron chi connectivity index (χ2n) is 9.10. The van der Waals surface area contributed by atoms with E-state index < -0.39 is 0 Å². The highest BCUT2D eigenvalue weighted by Crippen LogP contribution is 2.22. The minimum absolute atomic E-state index is 0.0352. The van der Waals surface area contributed by atoms with Gasteiger partial charge in [0.15, 0.2) is 0 Å². The fourth-order valence-corrected chi connectivity index (χ4v) is 4.73. The Morgan fingerprint density at radius 1 is 0.941 bits per heavy atom. The Kier molecular flexibility index (Phi) is 6.49. The number of carbonyl (C=O) groups is 2. The lowest BCUT2D eigenvalue weighted by molar-refractivity contribution is -0.131. The Labute approximate surface area is 199 Å². The summed E-state index contributed by atoms with van der Waals surface area (Å²) in [6.07, 6.45) is 6.13. The Hall–Kier alpha value is -3.39. The molecule has 8 heteroatoms. The third-order valence-electron chi connectivity index (χ3n) is 6.70. The summed E-state index contributed by atoms with van der Waals surface area (Å²) in [5.41, 5.74) is 3.38. The van der Waals surface area contributed by atoms with Gasteiger partial charge in [-0.05, 0) is 43.5 Å². The van der Waals surface area contributed by atoms with Crippen LogP contribution in [0, 0.1) is 6.92 Å². The fraction of sp³-hybridized carbons (Fsp3) is 0.423. The maximum atomic E-state index is 13.3. The normalized spacial score (nSPS) is 16.9. The summed E-state index contributed by atoms with van der Waals surface area (Å²) in [4.78, 5) is 36.3. The van der Waals surface area contributed by atoms with Crippen molar-refractivity contribution >= 4 is 17.5 Å². The number of aromatic nitrogens is 2. The Morgan fingerprint density at radius 2 is 1.71 bits per heavy atom. The van der Waals surface area contributed by atoms with E-state index in [0.29, 0.717) is 44.0 Å². The molecule has 4 heterocycles. The number of rotatable bonds is 6. The summed E-state index contributed by atoms with van der Waals surface area (Å²) >= 11 is 0. The molecule has 0 radical (unpaired) electrons. The maximum Gasteiger partial charge on any atom is 0.257 e. The predicted octanol–water partition coefficient (Wildman–Crippen LogP) is 2.60. The number of nitrogens with zero attached hydrogens (tertiary/aromatic N) is 5. The Bertz CT molecular complexity index is 1180. The van der Waals surface area contributed by atoms with E-state index in [1.165, 1.54) is 0 Å². The number of hydrogen-bond acceptors (Lipinski definition) is 5. The van der Waals surface area contributed by atoms with Crippen LogP contribution in [0.2, 0.25) is 0 Å². The number of para-hydroxylation sites is 1. The van der Waals surface area contributed by atoms with Gasteiger partial charge in [0.25, 0.3) is 5.91 Å². The largest absolute Gasteiger partial charge is 0.486 e. The van der Waals surface area contributed by atoms with Crippen molar-refractivity contribution < 1.29 is 14.3 Å². The van der Waals surface area contributed by atoms with Crippen molar-refractivity contribution in [3.05, 3.63) is 65.6 Å². The number of carbonyl (C=O) groups excluding carboxylic acids is 2. The Balaban J connectivity index is 1.19. The van der Waals surface area contributed by atoms with Crippen LogP contribution in [-0.2, 0) is 11.4 Å². The van der Waals surface area contributed by atoms with Gasteiger partial charge in [0.2, 0.25) is 5.91 Å². The molecule has 0 bridgehead atoms. The van der Waals surface area contributed by atoms with Crippen molar-refractivity contribution in [2.75, 3.05) is 45.8 Å². The average molecular weight is 462 g/mol. The van der Waals surface area contributed by atoms with Crippen LogP contribution in [0.1, 0.15) is 34.5 Å². The first-order valence-electron chi connectivity index (χ1n) is 12.0. The summed E-state index contributed by atoms with van der Waals surface area (Å²) in [6, 6.07) is 11.4. The Morgan fingerprint density at radius 3 is 2.47 bits per heavy atom. The molecule has 178 valence electrons. The zero-order valence-electron chi connectivity index (χ0n) is 19.7. The molecule has 2 aliphatic rings. The molecule has 8 nitrogen and oxygen atoms in total. The highest BCUT2D eigenvalue weighted by Gasteiger charge is 2.27. The van der Waals surface area contributed by atoms with Crippen molar-refractivity contribution in [1.82, 2.24) is 24.1 Å². The lowest BCUT2D eigenvalue weighted by Gasteiger charge is -2.35. The topological polar surface area (TPSA) is 70.4 Å². The summed E-state index contributed by atoms with van der Waals surface area (Å²) in [5.74, 6) is 0.734. The van der Waals surface area contributed by atoms with E-state index >= 15 is 0 Å². The van der Waals surface area contributed by atoms with E-state index in [0.717, 1.165) is 42.8 Å². The molecule has 3 aromatic rings. The van der Waals surface area contributed by atoms with E-state index in [-0.39, 0.29) is 18.4 Å². The molecule has 2 saturated heterocycles. The minimum atomic E-state index is -0.0352. The number of fused-ring (bicyclic) bond motifs is 1. The van der Waals surface area contributed by atoms with E-state index in [4.69, 9.17) is 4.74 Å². The highest BCUT2D eigenvalue weighted by atomic mass is 16.5. The van der Waals surface area contributed by atoms with Crippen LogP contribution in [0.25, 0.3) is 5.65 Å². The van der Waals surface area contributed by atoms with Gasteiger partial charge in [0.05, 0.1) is 17.8 Å². The second kappa shape index (κ2) is 9.85. The summed E-state index contributed by atoms with van der Waals surface area (Å²) in [7, 11) is 0. The first kappa shape index (κ1) is 22.4. The number of pyridine rings is 1. The third-order valence-corrected chi connectivity index (χ3v) is 6.70. The molecule has 0 spiro atoms. The van der Waals surface area contributed by atoms with Gasteiger partial charge < -0.3 is 18.9 Å². The van der Waals surface area contributed by atoms with Crippen molar-refractivity contribution in [2.45, 2.75) is 26.4 Å². The molecule has 2 amide bonds. The van der Waals surface area contributed by atoms with Crippen LogP contribution < -0.4 is 4.74 Å². The fourth-order valence-electron chi connectivity index (χ4n) is 4.73. The molecular formula is C26H31N5O3. The van der Waals surface area contributed by atoms with Crippen LogP contribution in [0.3, 0.4) is 0 Å². The van der Waals surface area contributed by atoms with Gasteiger partial charge in [-0.2, -0.15) is 0 Å². The van der Waals surface area contributed by atoms with E-state index in [1.54, 1.807) is 0 Å². The monoisotopic (exact) mass is 461 g/mol. The maximum absolute atomic E-state index is 13.3. The number of imidazole rings is 1. The van der Waals surface area contributed by atoms with E-state index in [1.807, 2.05) is 69.9 Å². The quantitative estimate of drug-likeness (QED) is 0.564. The number of piperazine rings is 1. The smallest absolute Gasteiger partial charge is 0.257 e. The van der Waals surface area contributed by atoms with Crippen LogP contribution in [0.5, 0.6) is 5.75 Å². The molecule has 2 fully saturated rings. The van der Waals surface area contributed by atoms with Gasteiger partial charge in [0.1, 0.15) is 18.0 Å². The van der Waals surface area contributed by atoms with Gasteiger partial charge in [-0.15, -0.1) is 0 Å². The lowest BCUT2D eigenvalue weighted by Crippen LogP contribution is -2.51. The standard InChI is InChI=1S/C26H31N5O3/c1-20-7-6-12-31-17-21(27-25(20)31)19-34-23-9-3-2-8-22(23)26(33)30-15-13-28(14-16-30)18-24(32)29-10-4-5-11-29/h2-3,6-9,12,17H,4-5,10-11,13-16,18-19H2,1H3. The highest BCUT2D eigenvalue weighted by molar-refractivity contribution is 5.97. The number of benzene rings is 1. The van der Waals surface area contributed by atoms with Crippen molar-refractivity contribution in [1.29, 1.82) is 0 Å². The van der Waals surface area contributed by atoms with Gasteiger partial charge in [-0.25, -0.2) is 4.98 Å². The van der Waals surface area contributed by atoms with Crippen LogP contribution in [-0.4, -0.2) is 81.7 Å². The lowest BCUT2D eigenvalue weighted by atomic mass is 10.1. The summed E-state index contributed by atoms with van der Waals surface area (Å²) in [6.45, 7) is 7.13. The molecule has 2 aromatic heterocycles. The number of hydrogen-bond donors (Lipinski definition) is 0. The molecular weight excluding hydrogens is 430 g/mol. The number of ether oxygens (including phenoxy) is 1. The molecule has 0 saturated carbocycles. The molecule has 5 rings (SSSR count). The van der Waals surface area contributed by atoms with Gasteiger partial charge in [0, 0.05) is 51.7 Å². The number of likely N-dealkylation sites (tertiary alicyclic amines) is 1. The van der Waals surface area contributed by atoms with Crippen molar-refractivity contribution in [3.8, 4) is 5.75 Å². The van der Waals surface area contributed by atoms with Gasteiger partial charge in [-0.1, -0.05) is 18.2 Å². The molecule has 0 unspecified atom stereocenters. The van der Waals surface area contributed by atoms with Crippen LogP contribution >= 0.6 is 0 Å². The van der Waals surface area contributed by atoms with Crippen LogP contribution in [0.4, 0.5) is 0 Å². The predicted molar refractivity (Wildman–Crippen MR) is 129 cm³/mol. The average Bonchev–Trinajstić information content (AvgIpc) is 3.54. The van der Waals surface area contributed by atoms with Crippen LogP contribution in [0.15, 0.2) is 48.8 Å². The molecule has 0 N–H and O–H groups in total. The minimum Gasteiger partial charge on any atom is -0.486 e. The molecule has 0 aliphatic carbocycles. The molecule has 0 atom stereocenters. The summed E-state index contributed by atoms with van der Waals surface area (Å²) < 4.78 is 8.04. The van der Waals surface area contributed by atoms with Crippen molar-refractivity contribution in [3.63, 3.8) is 0 Å². The molecule has 2 aliphatic heterocycles. The zero-order valence-corrected chi connectivity index (χ0v) is 19.7. The number of aryl methyl sites for hydroxylation is 1. The van der Waals surface area contributed by atoms with E-state index in [9.17, 15) is 9.59 Å². The van der Waals surface area contributed by atoms with Crippen molar-refractivity contribution in [2.24, 2.45) is 0 Å². The SMILES string of the molecule is Cc1cccn2cc(COc3ccccc3C(=O)N3CCN(CC(=O)N4CCCC4)CC3)nc12. The van der Waals surface area contributed by atoms with Gasteiger partial charge in [-0.3, -0.25) is 14.5 Å². The first-order valence-corrected chi connectivity index (χ1v) is 12.0. The third kappa shape index (κ3) is 4.77.